The molecule has 0 aliphatic carbocycles. The number of pyridine rings is 1. The highest BCUT2D eigenvalue weighted by Gasteiger charge is 2.18. The van der Waals surface area contributed by atoms with Gasteiger partial charge in [-0.25, -0.2) is 4.98 Å². The van der Waals surface area contributed by atoms with E-state index in [4.69, 9.17) is 5.11 Å². The van der Waals surface area contributed by atoms with Crippen molar-refractivity contribution >= 4 is 11.7 Å². The Bertz CT molecular complexity index is 363. The number of rotatable bonds is 5. The maximum Gasteiger partial charge on any atom is 0.255 e. The Balaban J connectivity index is 2.85. The lowest BCUT2D eigenvalue weighted by atomic mass is 10.2. The Morgan fingerprint density at radius 1 is 1.53 bits per heavy atom. The summed E-state index contributed by atoms with van der Waals surface area (Å²) < 4.78 is 0. The summed E-state index contributed by atoms with van der Waals surface area (Å²) >= 11 is 0. The van der Waals surface area contributed by atoms with Crippen LogP contribution in [0, 0.1) is 0 Å². The molecule has 1 aromatic rings. The number of aliphatic hydroxyl groups excluding tert-OH is 1. The van der Waals surface area contributed by atoms with Crippen LogP contribution in [0.15, 0.2) is 18.3 Å². The predicted octanol–water partition coefficient (Wildman–Crippen LogP) is 0.966. The van der Waals surface area contributed by atoms with Crippen LogP contribution in [-0.2, 0) is 0 Å². The van der Waals surface area contributed by atoms with Gasteiger partial charge in [-0.05, 0) is 26.0 Å². The van der Waals surface area contributed by atoms with Gasteiger partial charge in [0.15, 0.2) is 0 Å². The molecule has 0 aliphatic heterocycles. The van der Waals surface area contributed by atoms with Gasteiger partial charge in [0.2, 0.25) is 0 Å². The molecule has 1 amide bonds. The average molecular weight is 237 g/mol. The number of nitrogens with one attached hydrogen (secondary N) is 1. The highest BCUT2D eigenvalue weighted by atomic mass is 16.3. The number of amides is 1. The SMILES string of the molecule is CNc1ccc(C(=O)N(CCO)C(C)C)cn1. The minimum Gasteiger partial charge on any atom is -0.395 e. The van der Waals surface area contributed by atoms with E-state index in [2.05, 4.69) is 10.3 Å². The van der Waals surface area contributed by atoms with Crippen LogP contribution in [0.4, 0.5) is 5.82 Å². The first kappa shape index (κ1) is 13.4. The fourth-order valence-corrected chi connectivity index (χ4v) is 1.54. The molecule has 0 unspecified atom stereocenters. The highest BCUT2D eigenvalue weighted by Crippen LogP contribution is 2.09. The van der Waals surface area contributed by atoms with Crippen molar-refractivity contribution in [3.8, 4) is 0 Å². The van der Waals surface area contributed by atoms with Crippen molar-refractivity contribution in [2.45, 2.75) is 19.9 Å². The molecule has 0 radical (unpaired) electrons. The van der Waals surface area contributed by atoms with Crippen molar-refractivity contribution < 1.29 is 9.90 Å². The lowest BCUT2D eigenvalue weighted by Crippen LogP contribution is -2.39. The van der Waals surface area contributed by atoms with Crippen LogP contribution in [0.5, 0.6) is 0 Å². The maximum atomic E-state index is 12.1. The topological polar surface area (TPSA) is 65.5 Å². The van der Waals surface area contributed by atoms with Crippen molar-refractivity contribution in [3.05, 3.63) is 23.9 Å². The number of aromatic nitrogens is 1. The van der Waals surface area contributed by atoms with Gasteiger partial charge in [-0.3, -0.25) is 4.79 Å². The van der Waals surface area contributed by atoms with Crippen LogP contribution in [0.1, 0.15) is 24.2 Å². The number of carbonyl (C=O) groups excluding carboxylic acids is 1. The fourth-order valence-electron chi connectivity index (χ4n) is 1.54. The molecule has 1 rings (SSSR count). The molecule has 1 aromatic heterocycles. The van der Waals surface area contributed by atoms with Crippen LogP contribution < -0.4 is 5.32 Å². The third-order valence-electron chi connectivity index (χ3n) is 2.49. The van der Waals surface area contributed by atoms with Crippen molar-refractivity contribution in [2.75, 3.05) is 25.5 Å². The number of nitrogens with zero attached hydrogens (tertiary/aromatic N) is 2. The Kier molecular flexibility index (Phi) is 4.90. The van der Waals surface area contributed by atoms with Crippen molar-refractivity contribution in [2.24, 2.45) is 0 Å². The second-order valence-corrected chi connectivity index (χ2v) is 4.00. The molecule has 0 atom stereocenters. The quantitative estimate of drug-likeness (QED) is 0.800. The third kappa shape index (κ3) is 3.42. The first-order chi connectivity index (χ1) is 8.10. The van der Waals surface area contributed by atoms with Crippen LogP contribution >= 0.6 is 0 Å². The zero-order chi connectivity index (χ0) is 12.8. The number of hydrogen-bond acceptors (Lipinski definition) is 4. The van der Waals surface area contributed by atoms with E-state index in [-0.39, 0.29) is 18.6 Å². The standard InChI is InChI=1S/C12H19N3O2/c1-9(2)15(6-7-16)12(17)10-4-5-11(13-3)14-8-10/h4-5,8-9,16H,6-7H2,1-3H3,(H,13,14). The summed E-state index contributed by atoms with van der Waals surface area (Å²) in [6, 6.07) is 3.54. The van der Waals surface area contributed by atoms with Gasteiger partial charge < -0.3 is 15.3 Å². The third-order valence-corrected chi connectivity index (χ3v) is 2.49. The summed E-state index contributed by atoms with van der Waals surface area (Å²) in [6.45, 7) is 4.14. The van der Waals surface area contributed by atoms with Gasteiger partial charge in [-0.15, -0.1) is 0 Å². The summed E-state index contributed by atoms with van der Waals surface area (Å²) in [5, 5.41) is 11.8. The smallest absolute Gasteiger partial charge is 0.255 e. The van der Waals surface area contributed by atoms with Crippen molar-refractivity contribution in [1.82, 2.24) is 9.88 Å². The number of aliphatic hydroxyl groups is 1. The summed E-state index contributed by atoms with van der Waals surface area (Å²) in [6.07, 6.45) is 1.54. The largest absolute Gasteiger partial charge is 0.395 e. The van der Waals surface area contributed by atoms with E-state index in [0.717, 1.165) is 5.82 Å². The summed E-state index contributed by atoms with van der Waals surface area (Å²) in [5.41, 5.74) is 0.533. The monoisotopic (exact) mass is 237 g/mol. The van der Waals surface area contributed by atoms with Crippen LogP contribution in [0.25, 0.3) is 0 Å². The normalized spacial score (nSPS) is 10.4. The van der Waals surface area contributed by atoms with Crippen molar-refractivity contribution in [3.63, 3.8) is 0 Å². The molecule has 0 bridgehead atoms. The van der Waals surface area contributed by atoms with Gasteiger partial charge >= 0.3 is 0 Å². The maximum absolute atomic E-state index is 12.1. The molecule has 17 heavy (non-hydrogen) atoms. The molecule has 1 heterocycles. The molecule has 0 aliphatic rings. The zero-order valence-corrected chi connectivity index (χ0v) is 10.5. The van der Waals surface area contributed by atoms with E-state index in [1.807, 2.05) is 13.8 Å². The molecular formula is C12H19N3O2. The molecule has 0 aromatic carbocycles. The molecule has 5 heteroatoms. The fraction of sp³-hybridized carbons (Fsp3) is 0.500. The lowest BCUT2D eigenvalue weighted by molar-refractivity contribution is 0.0665. The van der Waals surface area contributed by atoms with E-state index in [1.54, 1.807) is 30.3 Å². The van der Waals surface area contributed by atoms with Crippen LogP contribution in [-0.4, -0.2) is 47.1 Å². The lowest BCUT2D eigenvalue weighted by Gasteiger charge is -2.25. The summed E-state index contributed by atoms with van der Waals surface area (Å²) in [5.74, 6) is 0.615. The Morgan fingerprint density at radius 2 is 2.24 bits per heavy atom. The highest BCUT2D eigenvalue weighted by molar-refractivity contribution is 5.94. The molecule has 0 fully saturated rings. The molecule has 0 saturated carbocycles. The molecule has 0 saturated heterocycles. The van der Waals surface area contributed by atoms with Gasteiger partial charge in [0.05, 0.1) is 12.2 Å². The van der Waals surface area contributed by atoms with Crippen molar-refractivity contribution in [1.29, 1.82) is 0 Å². The van der Waals surface area contributed by atoms with E-state index < -0.39 is 0 Å². The van der Waals surface area contributed by atoms with E-state index >= 15 is 0 Å². The van der Waals surface area contributed by atoms with Gasteiger partial charge in [-0.1, -0.05) is 0 Å². The van der Waals surface area contributed by atoms with Gasteiger partial charge in [0, 0.05) is 25.8 Å². The average Bonchev–Trinajstić information content (AvgIpc) is 2.35. The first-order valence-electron chi connectivity index (χ1n) is 5.65. The van der Waals surface area contributed by atoms with Crippen LogP contribution in [0.3, 0.4) is 0 Å². The second kappa shape index (κ2) is 6.20. The summed E-state index contributed by atoms with van der Waals surface area (Å²) in [7, 11) is 1.77. The Morgan fingerprint density at radius 3 is 2.65 bits per heavy atom. The minimum absolute atomic E-state index is 0.0358. The molecule has 94 valence electrons. The molecular weight excluding hydrogens is 218 g/mol. The minimum atomic E-state index is -0.107. The Labute approximate surface area is 101 Å². The first-order valence-corrected chi connectivity index (χ1v) is 5.65. The zero-order valence-electron chi connectivity index (χ0n) is 10.5. The summed E-state index contributed by atoms with van der Waals surface area (Å²) in [4.78, 5) is 17.9. The van der Waals surface area contributed by atoms with Crippen LogP contribution in [0.2, 0.25) is 0 Å². The predicted molar refractivity (Wildman–Crippen MR) is 67.0 cm³/mol. The molecule has 5 nitrogen and oxygen atoms in total. The second-order valence-electron chi connectivity index (χ2n) is 4.00. The number of hydrogen-bond donors (Lipinski definition) is 2. The van der Waals surface area contributed by atoms with Gasteiger partial charge in [0.25, 0.3) is 5.91 Å². The van der Waals surface area contributed by atoms with Gasteiger partial charge in [0.1, 0.15) is 5.82 Å². The molecule has 2 N–H and O–H groups in total. The Hall–Kier alpha value is -1.62. The van der Waals surface area contributed by atoms with E-state index in [0.29, 0.717) is 12.1 Å². The number of carbonyl (C=O) groups is 1. The van der Waals surface area contributed by atoms with Gasteiger partial charge in [-0.2, -0.15) is 0 Å². The van der Waals surface area contributed by atoms with E-state index in [1.165, 1.54) is 0 Å². The van der Waals surface area contributed by atoms with E-state index in [9.17, 15) is 4.79 Å². The number of anilines is 1. The molecule has 0 spiro atoms.